The van der Waals surface area contributed by atoms with Gasteiger partial charge in [-0.1, -0.05) is 11.8 Å². The molecular formula is C11H12BrN3OS. The largest absolute Gasteiger partial charge is 0.293 e. The van der Waals surface area contributed by atoms with Crippen LogP contribution in [0, 0.1) is 6.92 Å². The molecule has 17 heavy (non-hydrogen) atoms. The first-order valence-corrected chi connectivity index (χ1v) is 7.22. The zero-order valence-electron chi connectivity index (χ0n) is 9.82. The maximum Gasteiger partial charge on any atom is 0.253 e. The van der Waals surface area contributed by atoms with Gasteiger partial charge in [0.15, 0.2) is 5.16 Å². The van der Waals surface area contributed by atoms with E-state index >= 15 is 0 Å². The highest BCUT2D eigenvalue weighted by Crippen LogP contribution is 2.25. The molecule has 0 saturated heterocycles. The van der Waals surface area contributed by atoms with Gasteiger partial charge in [-0.3, -0.25) is 9.36 Å². The van der Waals surface area contributed by atoms with Crippen molar-refractivity contribution in [3.63, 3.8) is 0 Å². The third-order valence-electron chi connectivity index (χ3n) is 2.56. The average molecular weight is 314 g/mol. The molecule has 2 aromatic heterocycles. The Morgan fingerprint density at radius 3 is 2.76 bits per heavy atom. The summed E-state index contributed by atoms with van der Waals surface area (Å²) in [7, 11) is 0. The van der Waals surface area contributed by atoms with Gasteiger partial charge in [-0.2, -0.15) is 0 Å². The lowest BCUT2D eigenvalue weighted by Crippen LogP contribution is -2.20. The number of rotatable bonds is 2. The van der Waals surface area contributed by atoms with E-state index in [0.29, 0.717) is 17.3 Å². The van der Waals surface area contributed by atoms with E-state index in [4.69, 9.17) is 0 Å². The number of hydrogen-bond donors (Lipinski definition) is 0. The second-order valence-corrected chi connectivity index (χ2v) is 5.20. The van der Waals surface area contributed by atoms with Crippen LogP contribution >= 0.6 is 27.7 Å². The van der Waals surface area contributed by atoms with Gasteiger partial charge in [0.1, 0.15) is 5.65 Å². The van der Waals surface area contributed by atoms with Gasteiger partial charge in [-0.05, 0) is 36.0 Å². The summed E-state index contributed by atoms with van der Waals surface area (Å²) in [5.74, 6) is 0. The Kier molecular flexibility index (Phi) is 3.53. The molecule has 0 fully saturated rings. The molecule has 0 bridgehead atoms. The summed E-state index contributed by atoms with van der Waals surface area (Å²) in [6.45, 7) is 4.47. The lowest BCUT2D eigenvalue weighted by molar-refractivity contribution is 0.738. The molecule has 2 aromatic rings. The number of nitrogens with zero attached hydrogens (tertiary/aromatic N) is 3. The van der Waals surface area contributed by atoms with Crippen molar-refractivity contribution in [2.24, 2.45) is 0 Å². The summed E-state index contributed by atoms with van der Waals surface area (Å²) >= 11 is 4.88. The molecule has 2 heterocycles. The van der Waals surface area contributed by atoms with E-state index in [0.717, 1.165) is 15.6 Å². The summed E-state index contributed by atoms with van der Waals surface area (Å²) in [6.07, 6.45) is 1.92. The molecule has 0 N–H and O–H groups in total. The minimum Gasteiger partial charge on any atom is -0.293 e. The molecule has 0 saturated carbocycles. The number of halogens is 1. The number of thioether (sulfide) groups is 1. The van der Waals surface area contributed by atoms with Gasteiger partial charge in [0.25, 0.3) is 5.56 Å². The maximum absolute atomic E-state index is 11.9. The van der Waals surface area contributed by atoms with E-state index in [9.17, 15) is 4.79 Å². The van der Waals surface area contributed by atoms with Gasteiger partial charge in [-0.15, -0.1) is 0 Å². The van der Waals surface area contributed by atoms with Gasteiger partial charge in [0.05, 0.1) is 11.1 Å². The lowest BCUT2D eigenvalue weighted by Gasteiger charge is -2.10. The van der Waals surface area contributed by atoms with E-state index < -0.39 is 0 Å². The fraction of sp³-hybridized carbons (Fsp3) is 0.364. The van der Waals surface area contributed by atoms with Crippen LogP contribution in [0.3, 0.4) is 0 Å². The van der Waals surface area contributed by atoms with Crippen molar-refractivity contribution in [1.82, 2.24) is 14.5 Å². The molecule has 0 aliphatic carbocycles. The molecule has 2 rings (SSSR count). The quantitative estimate of drug-likeness (QED) is 0.631. The second-order valence-electron chi connectivity index (χ2n) is 3.57. The first kappa shape index (κ1) is 12.6. The summed E-state index contributed by atoms with van der Waals surface area (Å²) in [5, 5.41) is 1.60. The number of hydrogen-bond acceptors (Lipinski definition) is 4. The third kappa shape index (κ3) is 2.11. The molecule has 0 unspecified atom stereocenters. The van der Waals surface area contributed by atoms with Crippen molar-refractivity contribution in [3.8, 4) is 0 Å². The van der Waals surface area contributed by atoms with Gasteiger partial charge >= 0.3 is 0 Å². The van der Waals surface area contributed by atoms with Gasteiger partial charge in [-0.25, -0.2) is 9.97 Å². The molecule has 0 amide bonds. The predicted octanol–water partition coefficient (Wildman–Crippen LogP) is 2.60. The van der Waals surface area contributed by atoms with Gasteiger partial charge in [0.2, 0.25) is 0 Å². The van der Waals surface area contributed by atoms with Gasteiger partial charge in [0, 0.05) is 17.1 Å². The number of pyridine rings is 1. The highest BCUT2D eigenvalue weighted by Gasteiger charge is 2.12. The highest BCUT2D eigenvalue weighted by atomic mass is 79.9. The number of aryl methyl sites for hydroxylation is 2. The van der Waals surface area contributed by atoms with E-state index in [2.05, 4.69) is 25.9 Å². The smallest absolute Gasteiger partial charge is 0.253 e. The van der Waals surface area contributed by atoms with Crippen LogP contribution < -0.4 is 5.56 Å². The number of fused-ring (bicyclic) bond motifs is 1. The van der Waals surface area contributed by atoms with Crippen molar-refractivity contribution in [3.05, 3.63) is 26.6 Å². The second kappa shape index (κ2) is 4.78. The van der Waals surface area contributed by atoms with Crippen LogP contribution in [0.4, 0.5) is 0 Å². The summed E-state index contributed by atoms with van der Waals surface area (Å²) in [4.78, 5) is 20.7. The van der Waals surface area contributed by atoms with Crippen molar-refractivity contribution in [2.45, 2.75) is 25.5 Å². The molecular weight excluding hydrogens is 302 g/mol. The van der Waals surface area contributed by atoms with E-state index in [1.165, 1.54) is 11.8 Å². The summed E-state index contributed by atoms with van der Waals surface area (Å²) in [6, 6.07) is 1.57. The van der Waals surface area contributed by atoms with Crippen LogP contribution in [0.2, 0.25) is 0 Å². The fourth-order valence-corrected chi connectivity index (χ4v) is 2.83. The molecule has 0 atom stereocenters. The zero-order chi connectivity index (χ0) is 12.6. The maximum atomic E-state index is 11.9. The number of aromatic nitrogens is 3. The molecule has 4 nitrogen and oxygen atoms in total. The van der Waals surface area contributed by atoms with Crippen molar-refractivity contribution in [1.29, 1.82) is 0 Å². The molecule has 0 radical (unpaired) electrons. The Morgan fingerprint density at radius 1 is 1.47 bits per heavy atom. The van der Waals surface area contributed by atoms with Crippen molar-refractivity contribution < 1.29 is 0 Å². The fourth-order valence-electron chi connectivity index (χ4n) is 1.77. The first-order valence-electron chi connectivity index (χ1n) is 5.20. The van der Waals surface area contributed by atoms with Crippen LogP contribution in [-0.4, -0.2) is 20.8 Å². The minimum absolute atomic E-state index is 0.0444. The predicted molar refractivity (Wildman–Crippen MR) is 73.7 cm³/mol. The Labute approximate surface area is 112 Å². The first-order chi connectivity index (χ1) is 8.08. The zero-order valence-corrected chi connectivity index (χ0v) is 12.2. The van der Waals surface area contributed by atoms with Crippen LogP contribution in [0.15, 0.2) is 20.5 Å². The molecule has 0 aliphatic rings. The summed E-state index contributed by atoms with van der Waals surface area (Å²) in [5.41, 5.74) is 1.54. The Balaban J connectivity index is 2.98. The molecule has 6 heteroatoms. The minimum atomic E-state index is -0.0444. The molecule has 0 aliphatic heterocycles. The summed E-state index contributed by atoms with van der Waals surface area (Å²) < 4.78 is 2.42. The van der Waals surface area contributed by atoms with Crippen molar-refractivity contribution in [2.75, 3.05) is 6.26 Å². The average Bonchev–Trinajstić information content (AvgIpc) is 2.28. The van der Waals surface area contributed by atoms with Crippen molar-refractivity contribution >= 4 is 38.7 Å². The SMILES string of the molecule is CCn1c(=O)cc(Br)c2c(C)nc(SC)nc21. The Bertz CT molecular complexity index is 639. The monoisotopic (exact) mass is 313 g/mol. The normalized spacial score (nSPS) is 11.1. The standard InChI is InChI=1S/C11H12BrN3OS/c1-4-15-8(16)5-7(12)9-6(2)13-11(17-3)14-10(9)15/h5H,4H2,1-3H3. The van der Waals surface area contributed by atoms with Crippen LogP contribution in [0.5, 0.6) is 0 Å². The van der Waals surface area contributed by atoms with E-state index in [1.54, 1.807) is 10.6 Å². The van der Waals surface area contributed by atoms with Crippen LogP contribution in [-0.2, 0) is 6.54 Å². The van der Waals surface area contributed by atoms with E-state index in [-0.39, 0.29) is 5.56 Å². The molecule has 90 valence electrons. The third-order valence-corrected chi connectivity index (χ3v) is 3.73. The Morgan fingerprint density at radius 2 is 2.18 bits per heavy atom. The van der Waals surface area contributed by atoms with Crippen LogP contribution in [0.25, 0.3) is 11.0 Å². The Hall–Kier alpha value is -0.880. The van der Waals surface area contributed by atoms with Gasteiger partial charge < -0.3 is 0 Å². The lowest BCUT2D eigenvalue weighted by atomic mass is 10.2. The van der Waals surface area contributed by atoms with Crippen LogP contribution in [0.1, 0.15) is 12.6 Å². The molecule has 0 aromatic carbocycles. The highest BCUT2D eigenvalue weighted by molar-refractivity contribution is 9.10. The topological polar surface area (TPSA) is 47.8 Å². The molecule has 0 spiro atoms. The van der Waals surface area contributed by atoms with E-state index in [1.807, 2.05) is 20.1 Å².